The van der Waals surface area contributed by atoms with Crippen LogP contribution in [0.1, 0.15) is 58.6 Å². The van der Waals surface area contributed by atoms with Gasteiger partial charge in [-0.2, -0.15) is 0 Å². The van der Waals surface area contributed by atoms with Gasteiger partial charge in [-0.15, -0.1) is 0 Å². The van der Waals surface area contributed by atoms with Gasteiger partial charge >= 0.3 is 0 Å². The lowest BCUT2D eigenvalue weighted by Crippen LogP contribution is -2.41. The van der Waals surface area contributed by atoms with Gasteiger partial charge in [-0.25, -0.2) is 0 Å². The molecule has 0 unspecified atom stereocenters. The van der Waals surface area contributed by atoms with Crippen molar-refractivity contribution in [2.45, 2.75) is 65.1 Å². The van der Waals surface area contributed by atoms with E-state index in [1.807, 2.05) is 30.3 Å². The van der Waals surface area contributed by atoms with Gasteiger partial charge in [0.25, 0.3) is 0 Å². The summed E-state index contributed by atoms with van der Waals surface area (Å²) in [7, 11) is 3.78. The van der Waals surface area contributed by atoms with Gasteiger partial charge in [0.05, 0.1) is 19.3 Å². The number of carbonyl (C=O) groups excluding carboxylic acids is 1. The Morgan fingerprint density at radius 1 is 0.969 bits per heavy atom. The van der Waals surface area contributed by atoms with Gasteiger partial charge in [0.1, 0.15) is 12.0 Å². The molecule has 2 aromatic rings. The smallest absolute Gasteiger partial charge is 0.146 e. The third-order valence-electron chi connectivity index (χ3n) is 5.77. The molecular weight excluding hydrogens is 398 g/mol. The van der Waals surface area contributed by atoms with E-state index in [9.17, 15) is 4.79 Å². The van der Waals surface area contributed by atoms with E-state index < -0.39 is 0 Å². The fourth-order valence-electron chi connectivity index (χ4n) is 3.63. The number of ether oxygens (including phenoxy) is 2. The van der Waals surface area contributed by atoms with E-state index in [1.54, 1.807) is 7.11 Å². The van der Waals surface area contributed by atoms with Crippen LogP contribution in [-0.4, -0.2) is 43.1 Å². The molecule has 174 valence electrons. The van der Waals surface area contributed by atoms with Gasteiger partial charge in [0.15, 0.2) is 0 Å². The van der Waals surface area contributed by atoms with Gasteiger partial charge < -0.3 is 9.47 Å². The number of nitrogens with zero attached hydrogens (tertiary/aromatic N) is 1. The number of rotatable bonds is 11. The lowest BCUT2D eigenvalue weighted by Gasteiger charge is -2.36. The molecule has 0 spiro atoms. The molecule has 0 aliphatic rings. The maximum absolute atomic E-state index is 12.3. The SMILES string of the molecule is COc1ccc(CN(C)C(C)(C)C/C(C=O)=C(\CCOC(C)(C)C)c2ccccc2)cc1. The number of hydrogen-bond donors (Lipinski definition) is 0. The molecule has 0 aliphatic heterocycles. The summed E-state index contributed by atoms with van der Waals surface area (Å²) < 4.78 is 11.2. The van der Waals surface area contributed by atoms with E-state index in [1.165, 1.54) is 5.56 Å². The number of benzene rings is 2. The van der Waals surface area contributed by atoms with Gasteiger partial charge in [0, 0.05) is 12.1 Å². The molecule has 0 amide bonds. The van der Waals surface area contributed by atoms with Crippen LogP contribution in [0.25, 0.3) is 5.57 Å². The van der Waals surface area contributed by atoms with Crippen molar-refractivity contribution in [3.05, 3.63) is 71.3 Å². The second kappa shape index (κ2) is 11.4. The van der Waals surface area contributed by atoms with E-state index in [0.29, 0.717) is 19.4 Å². The zero-order valence-electron chi connectivity index (χ0n) is 20.8. The Morgan fingerprint density at radius 2 is 1.59 bits per heavy atom. The molecule has 0 saturated heterocycles. The molecule has 0 bridgehead atoms. The molecule has 0 fully saturated rings. The highest BCUT2D eigenvalue weighted by Gasteiger charge is 2.27. The number of hydrogen-bond acceptors (Lipinski definition) is 4. The van der Waals surface area contributed by atoms with E-state index in [2.05, 4.69) is 70.8 Å². The molecular formula is C28H39NO3. The second-order valence-corrected chi connectivity index (χ2v) is 9.89. The minimum Gasteiger partial charge on any atom is -0.497 e. The maximum atomic E-state index is 12.3. The molecule has 0 heterocycles. The number of carbonyl (C=O) groups is 1. The second-order valence-electron chi connectivity index (χ2n) is 9.89. The van der Waals surface area contributed by atoms with Gasteiger partial charge in [0.2, 0.25) is 0 Å². The summed E-state index contributed by atoms with van der Waals surface area (Å²) in [6, 6.07) is 18.3. The molecule has 0 aromatic heterocycles. The zero-order chi connectivity index (χ0) is 23.8. The highest BCUT2D eigenvalue weighted by atomic mass is 16.5. The topological polar surface area (TPSA) is 38.8 Å². The van der Waals surface area contributed by atoms with Crippen molar-refractivity contribution in [3.63, 3.8) is 0 Å². The highest BCUT2D eigenvalue weighted by molar-refractivity contribution is 5.88. The summed E-state index contributed by atoms with van der Waals surface area (Å²) in [5.74, 6) is 0.854. The summed E-state index contributed by atoms with van der Waals surface area (Å²) >= 11 is 0. The Hall–Kier alpha value is -2.43. The fourth-order valence-corrected chi connectivity index (χ4v) is 3.63. The minimum absolute atomic E-state index is 0.207. The van der Waals surface area contributed by atoms with Gasteiger partial charge in [-0.3, -0.25) is 9.69 Å². The maximum Gasteiger partial charge on any atom is 0.146 e. The van der Waals surface area contributed by atoms with Gasteiger partial charge in [-0.1, -0.05) is 42.5 Å². The van der Waals surface area contributed by atoms with Gasteiger partial charge in [-0.05, 0) is 88.9 Å². The first-order valence-electron chi connectivity index (χ1n) is 11.3. The van der Waals surface area contributed by atoms with Crippen LogP contribution in [0, 0.1) is 0 Å². The molecule has 0 atom stereocenters. The average Bonchev–Trinajstić information content (AvgIpc) is 2.75. The van der Waals surface area contributed by atoms with E-state index in [4.69, 9.17) is 9.47 Å². The average molecular weight is 438 g/mol. The summed E-state index contributed by atoms with van der Waals surface area (Å²) in [4.78, 5) is 14.6. The molecule has 4 nitrogen and oxygen atoms in total. The Bertz CT molecular complexity index is 877. The standard InChI is InChI=1S/C28H39NO3/c1-27(2,3)32-18-17-26(23-11-9-8-10-12-23)24(21-30)19-28(4,5)29(6)20-22-13-15-25(31-7)16-14-22/h8-16,21H,17-20H2,1-7H3/b26-24-. The predicted octanol–water partition coefficient (Wildman–Crippen LogP) is 6.15. The number of methoxy groups -OCH3 is 1. The molecule has 4 heteroatoms. The first kappa shape index (κ1) is 25.8. The van der Waals surface area contributed by atoms with Crippen LogP contribution in [0.2, 0.25) is 0 Å². The van der Waals surface area contributed by atoms with Crippen LogP contribution in [0.4, 0.5) is 0 Å². The fraction of sp³-hybridized carbons (Fsp3) is 0.464. The lowest BCUT2D eigenvalue weighted by molar-refractivity contribution is -0.105. The first-order chi connectivity index (χ1) is 15.1. The molecule has 0 radical (unpaired) electrons. The molecule has 2 aromatic carbocycles. The Balaban J connectivity index is 2.25. The van der Waals surface area contributed by atoms with Crippen molar-refractivity contribution in [1.82, 2.24) is 4.90 Å². The zero-order valence-corrected chi connectivity index (χ0v) is 20.8. The van der Waals surface area contributed by atoms with Crippen molar-refractivity contribution in [3.8, 4) is 5.75 Å². The summed E-state index contributed by atoms with van der Waals surface area (Å²) in [5, 5.41) is 0. The number of aldehydes is 1. The van der Waals surface area contributed by atoms with Crippen LogP contribution < -0.4 is 4.74 Å². The van der Waals surface area contributed by atoms with Crippen LogP contribution in [-0.2, 0) is 16.1 Å². The Kier molecular flexibility index (Phi) is 9.23. The van der Waals surface area contributed by atoms with Crippen molar-refractivity contribution in [2.24, 2.45) is 0 Å². The van der Waals surface area contributed by atoms with E-state index >= 15 is 0 Å². The van der Waals surface area contributed by atoms with E-state index in [0.717, 1.165) is 35.3 Å². The molecule has 0 N–H and O–H groups in total. The summed E-state index contributed by atoms with van der Waals surface area (Å²) in [6.45, 7) is 11.9. The monoisotopic (exact) mass is 437 g/mol. The van der Waals surface area contributed by atoms with E-state index in [-0.39, 0.29) is 11.1 Å². The molecule has 32 heavy (non-hydrogen) atoms. The minimum atomic E-state index is -0.207. The van der Waals surface area contributed by atoms with Crippen LogP contribution in [0.3, 0.4) is 0 Å². The van der Waals surface area contributed by atoms with Crippen molar-refractivity contribution >= 4 is 11.9 Å². The van der Waals surface area contributed by atoms with Crippen LogP contribution in [0.5, 0.6) is 5.75 Å². The Morgan fingerprint density at radius 3 is 2.12 bits per heavy atom. The Labute approximate surface area is 194 Å². The molecule has 0 aliphatic carbocycles. The van der Waals surface area contributed by atoms with Crippen molar-refractivity contribution in [2.75, 3.05) is 20.8 Å². The van der Waals surface area contributed by atoms with Crippen molar-refractivity contribution in [1.29, 1.82) is 0 Å². The van der Waals surface area contributed by atoms with Crippen LogP contribution in [0.15, 0.2) is 60.2 Å². The van der Waals surface area contributed by atoms with Crippen molar-refractivity contribution < 1.29 is 14.3 Å². The quantitative estimate of drug-likeness (QED) is 0.312. The normalized spacial score (nSPS) is 13.1. The lowest BCUT2D eigenvalue weighted by atomic mass is 9.87. The van der Waals surface area contributed by atoms with Crippen LogP contribution >= 0.6 is 0 Å². The first-order valence-corrected chi connectivity index (χ1v) is 11.3. The molecule has 2 rings (SSSR count). The predicted molar refractivity (Wildman–Crippen MR) is 133 cm³/mol. The third kappa shape index (κ3) is 7.92. The third-order valence-corrected chi connectivity index (χ3v) is 5.77. The summed E-state index contributed by atoms with van der Waals surface area (Å²) in [5.41, 5.74) is 3.78. The largest absolute Gasteiger partial charge is 0.497 e. The summed E-state index contributed by atoms with van der Waals surface area (Å²) in [6.07, 6.45) is 2.39. The highest BCUT2D eigenvalue weighted by Crippen LogP contribution is 2.30. The molecule has 0 saturated carbocycles.